The molecule has 0 radical (unpaired) electrons. The molecular formula is C19H21N3O3. The number of nitrogens with zero attached hydrogens (tertiary/aromatic N) is 3. The third-order valence-electron chi connectivity index (χ3n) is 4.78. The zero-order valence-electron chi connectivity index (χ0n) is 14.1. The summed E-state index contributed by atoms with van der Waals surface area (Å²) in [6.07, 6.45) is 3.01. The second-order valence-electron chi connectivity index (χ2n) is 6.31. The van der Waals surface area contributed by atoms with Crippen LogP contribution in [-0.2, 0) is 16.1 Å². The zero-order valence-corrected chi connectivity index (χ0v) is 14.1. The topological polar surface area (TPSA) is 56.0 Å². The smallest absolute Gasteiger partial charge is 0.275 e. The predicted molar refractivity (Wildman–Crippen MR) is 95.8 cm³/mol. The van der Waals surface area contributed by atoms with Crippen LogP contribution in [0.3, 0.4) is 0 Å². The van der Waals surface area contributed by atoms with Gasteiger partial charge in [0, 0.05) is 32.3 Å². The molecule has 6 nitrogen and oxygen atoms in total. The third kappa shape index (κ3) is 2.93. The SMILES string of the molecule is O=C(CCCn1c(=O)c2cccn2c2ccccc21)N1CCOCC1. The zero-order chi connectivity index (χ0) is 17.2. The van der Waals surface area contributed by atoms with Crippen molar-refractivity contribution in [2.24, 2.45) is 0 Å². The monoisotopic (exact) mass is 339 g/mol. The summed E-state index contributed by atoms with van der Waals surface area (Å²) in [5, 5.41) is 0. The molecule has 0 atom stereocenters. The van der Waals surface area contributed by atoms with Gasteiger partial charge in [-0.1, -0.05) is 12.1 Å². The third-order valence-corrected chi connectivity index (χ3v) is 4.78. The molecule has 130 valence electrons. The highest BCUT2D eigenvalue weighted by atomic mass is 16.5. The molecule has 2 aromatic heterocycles. The Morgan fingerprint density at radius 1 is 1.00 bits per heavy atom. The molecule has 1 saturated heterocycles. The van der Waals surface area contributed by atoms with Crippen molar-refractivity contribution < 1.29 is 9.53 Å². The van der Waals surface area contributed by atoms with E-state index in [1.807, 2.05) is 51.9 Å². The predicted octanol–water partition coefficient (Wildman–Crippen LogP) is 1.89. The fourth-order valence-electron chi connectivity index (χ4n) is 3.49. The lowest BCUT2D eigenvalue weighted by Gasteiger charge is -2.26. The molecule has 0 bridgehead atoms. The van der Waals surface area contributed by atoms with Crippen molar-refractivity contribution in [2.75, 3.05) is 26.3 Å². The van der Waals surface area contributed by atoms with E-state index < -0.39 is 0 Å². The van der Waals surface area contributed by atoms with Gasteiger partial charge in [-0.05, 0) is 30.7 Å². The number of amides is 1. The van der Waals surface area contributed by atoms with Crippen molar-refractivity contribution in [3.8, 4) is 0 Å². The number of carbonyl (C=O) groups is 1. The van der Waals surface area contributed by atoms with Crippen molar-refractivity contribution in [2.45, 2.75) is 19.4 Å². The Labute approximate surface area is 145 Å². The maximum absolute atomic E-state index is 12.8. The minimum atomic E-state index is -0.0116. The van der Waals surface area contributed by atoms with Gasteiger partial charge in [0.1, 0.15) is 5.52 Å². The lowest BCUT2D eigenvalue weighted by Crippen LogP contribution is -2.40. The molecule has 0 spiro atoms. The van der Waals surface area contributed by atoms with E-state index in [1.165, 1.54) is 0 Å². The quantitative estimate of drug-likeness (QED) is 0.729. The summed E-state index contributed by atoms with van der Waals surface area (Å²) in [6.45, 7) is 3.09. The van der Waals surface area contributed by atoms with Gasteiger partial charge < -0.3 is 18.6 Å². The first-order valence-electron chi connectivity index (χ1n) is 8.70. The van der Waals surface area contributed by atoms with Crippen molar-refractivity contribution in [1.82, 2.24) is 13.9 Å². The molecular weight excluding hydrogens is 318 g/mol. The van der Waals surface area contributed by atoms with Crippen LogP contribution in [0.5, 0.6) is 0 Å². The van der Waals surface area contributed by atoms with Crippen LogP contribution in [0, 0.1) is 0 Å². The number of aryl methyl sites for hydroxylation is 1. The van der Waals surface area contributed by atoms with Crippen LogP contribution in [0.1, 0.15) is 12.8 Å². The summed E-state index contributed by atoms with van der Waals surface area (Å²) < 4.78 is 8.99. The van der Waals surface area contributed by atoms with E-state index in [0.29, 0.717) is 51.2 Å². The van der Waals surface area contributed by atoms with Crippen molar-refractivity contribution >= 4 is 22.5 Å². The number of carbonyl (C=O) groups excluding carboxylic acids is 1. The number of hydrogen-bond acceptors (Lipinski definition) is 3. The highest BCUT2D eigenvalue weighted by Crippen LogP contribution is 2.15. The van der Waals surface area contributed by atoms with E-state index >= 15 is 0 Å². The molecule has 1 aliphatic rings. The number of ether oxygens (including phenoxy) is 1. The molecule has 6 heteroatoms. The van der Waals surface area contributed by atoms with Crippen molar-refractivity contribution in [3.63, 3.8) is 0 Å². The average Bonchev–Trinajstić information content (AvgIpc) is 3.15. The Hall–Kier alpha value is -2.60. The molecule has 25 heavy (non-hydrogen) atoms. The minimum Gasteiger partial charge on any atom is -0.378 e. The van der Waals surface area contributed by atoms with Crippen LogP contribution in [0.15, 0.2) is 47.4 Å². The van der Waals surface area contributed by atoms with E-state index in [4.69, 9.17) is 4.74 Å². The number of para-hydroxylation sites is 2. The molecule has 0 aliphatic carbocycles. The first-order chi connectivity index (χ1) is 12.3. The van der Waals surface area contributed by atoms with Crippen LogP contribution in [0.4, 0.5) is 0 Å². The second kappa shape index (κ2) is 6.72. The molecule has 1 aromatic carbocycles. The van der Waals surface area contributed by atoms with Gasteiger partial charge in [0.2, 0.25) is 5.91 Å². The van der Waals surface area contributed by atoms with Crippen molar-refractivity contribution in [3.05, 3.63) is 52.9 Å². The lowest BCUT2D eigenvalue weighted by molar-refractivity contribution is -0.135. The molecule has 4 rings (SSSR count). The largest absolute Gasteiger partial charge is 0.378 e. The normalized spacial score (nSPS) is 15.1. The van der Waals surface area contributed by atoms with E-state index in [-0.39, 0.29) is 11.5 Å². The minimum absolute atomic E-state index is 0.0116. The number of rotatable bonds is 4. The first kappa shape index (κ1) is 15.9. The molecule has 1 amide bonds. The molecule has 0 N–H and O–H groups in total. The Morgan fingerprint density at radius 2 is 1.72 bits per heavy atom. The average molecular weight is 339 g/mol. The summed E-state index contributed by atoms with van der Waals surface area (Å²) in [7, 11) is 0. The Balaban J connectivity index is 1.57. The Morgan fingerprint density at radius 3 is 2.52 bits per heavy atom. The van der Waals surface area contributed by atoms with Gasteiger partial charge in [0.05, 0.1) is 24.2 Å². The van der Waals surface area contributed by atoms with Gasteiger partial charge >= 0.3 is 0 Å². The molecule has 1 aliphatic heterocycles. The number of aromatic nitrogens is 2. The molecule has 0 saturated carbocycles. The van der Waals surface area contributed by atoms with Gasteiger partial charge in [-0.25, -0.2) is 0 Å². The molecule has 0 unspecified atom stereocenters. The van der Waals surface area contributed by atoms with Gasteiger partial charge in [0.25, 0.3) is 5.56 Å². The van der Waals surface area contributed by atoms with Crippen LogP contribution in [0.2, 0.25) is 0 Å². The van der Waals surface area contributed by atoms with E-state index in [0.717, 1.165) is 11.0 Å². The fourth-order valence-corrected chi connectivity index (χ4v) is 3.49. The van der Waals surface area contributed by atoms with Crippen molar-refractivity contribution in [1.29, 1.82) is 0 Å². The van der Waals surface area contributed by atoms with Crippen LogP contribution in [-0.4, -0.2) is 46.1 Å². The molecule has 1 fully saturated rings. The van der Waals surface area contributed by atoms with Gasteiger partial charge in [-0.2, -0.15) is 0 Å². The Kier molecular flexibility index (Phi) is 4.28. The first-order valence-corrected chi connectivity index (χ1v) is 8.70. The summed E-state index contributed by atoms with van der Waals surface area (Å²) in [5.74, 6) is 0.143. The van der Waals surface area contributed by atoms with Gasteiger partial charge in [-0.3, -0.25) is 9.59 Å². The van der Waals surface area contributed by atoms with E-state index in [9.17, 15) is 9.59 Å². The lowest BCUT2D eigenvalue weighted by atomic mass is 10.2. The summed E-state index contributed by atoms with van der Waals surface area (Å²) in [6, 6.07) is 11.6. The Bertz CT molecular complexity index is 967. The highest BCUT2D eigenvalue weighted by Gasteiger charge is 2.17. The maximum atomic E-state index is 12.8. The standard InChI is InChI=1S/C19H21N3O3/c23-18(20-11-13-25-14-12-20)8-4-10-22-16-6-2-1-5-15(16)21-9-3-7-17(21)19(22)24/h1-3,5-7,9H,4,8,10-14H2. The number of fused-ring (bicyclic) bond motifs is 3. The van der Waals surface area contributed by atoms with Crippen LogP contribution < -0.4 is 5.56 Å². The van der Waals surface area contributed by atoms with Gasteiger partial charge in [0.15, 0.2) is 0 Å². The number of hydrogen-bond donors (Lipinski definition) is 0. The molecule has 3 heterocycles. The highest BCUT2D eigenvalue weighted by molar-refractivity contribution is 5.79. The van der Waals surface area contributed by atoms with Crippen LogP contribution >= 0.6 is 0 Å². The fraction of sp³-hybridized carbons (Fsp3) is 0.368. The summed E-state index contributed by atoms with van der Waals surface area (Å²) >= 11 is 0. The number of morpholine rings is 1. The second-order valence-corrected chi connectivity index (χ2v) is 6.31. The molecule has 3 aromatic rings. The summed E-state index contributed by atoms with van der Waals surface area (Å²) in [4.78, 5) is 26.9. The van der Waals surface area contributed by atoms with Gasteiger partial charge in [-0.15, -0.1) is 0 Å². The number of benzene rings is 1. The van der Waals surface area contributed by atoms with E-state index in [2.05, 4.69) is 0 Å². The van der Waals surface area contributed by atoms with E-state index in [1.54, 1.807) is 4.57 Å². The summed E-state index contributed by atoms with van der Waals surface area (Å²) in [5.41, 5.74) is 2.55. The van der Waals surface area contributed by atoms with Crippen LogP contribution in [0.25, 0.3) is 16.6 Å². The maximum Gasteiger partial charge on any atom is 0.275 e.